The summed E-state index contributed by atoms with van der Waals surface area (Å²) in [5.74, 6) is -1.18. The van der Waals surface area contributed by atoms with Gasteiger partial charge in [-0.3, -0.25) is 4.40 Å². The number of nitrogens with zero attached hydrogens (tertiary/aromatic N) is 2. The third kappa shape index (κ3) is 2.83. The quantitative estimate of drug-likeness (QED) is 0.756. The van der Waals surface area contributed by atoms with Crippen LogP contribution in [-0.4, -0.2) is 28.4 Å². The van der Waals surface area contributed by atoms with Gasteiger partial charge in [0.05, 0.1) is 18.8 Å². The lowest BCUT2D eigenvalue weighted by Gasteiger charge is -2.29. The Hall–Kier alpha value is -2.18. The average Bonchev–Trinajstić information content (AvgIpc) is 3.19. The van der Waals surface area contributed by atoms with Gasteiger partial charge in [-0.05, 0) is 0 Å². The van der Waals surface area contributed by atoms with Crippen LogP contribution in [0.25, 0.3) is 16.2 Å². The lowest BCUT2D eigenvalue weighted by atomic mass is 9.97. The summed E-state index contributed by atoms with van der Waals surface area (Å²) in [5, 5.41) is 13.1. The van der Waals surface area contributed by atoms with E-state index in [1.807, 2.05) is 18.2 Å². The first-order valence-corrected chi connectivity index (χ1v) is 9.14. The van der Waals surface area contributed by atoms with Crippen LogP contribution in [0.5, 0.6) is 0 Å². The molecule has 1 aliphatic rings. The van der Waals surface area contributed by atoms with Crippen LogP contribution < -0.4 is 10.0 Å². The van der Waals surface area contributed by atoms with Gasteiger partial charge in [0.2, 0.25) is 0 Å². The molecule has 1 saturated heterocycles. The molecule has 0 aliphatic carbocycles. The molecule has 1 N–H and O–H groups in total. The largest absolute Gasteiger partial charge is 0.550 e. The van der Waals surface area contributed by atoms with Crippen molar-refractivity contribution >= 4 is 22.3 Å². The predicted molar refractivity (Wildman–Crippen MR) is 90.6 cm³/mol. The number of imidazole rings is 1. The number of hydrogen-bond donors (Lipinski definition) is 1. The molecule has 4 rings (SSSR count). The number of aromatic nitrogens is 2. The molecule has 124 valence electrons. The highest BCUT2D eigenvalue weighted by molar-refractivity contribution is 7.15. The zero-order valence-corrected chi connectivity index (χ0v) is 14.1. The number of hydrogen-bond acceptors (Lipinski definition) is 4. The number of nitrogens with one attached hydrogen (secondary N) is 1. The summed E-state index contributed by atoms with van der Waals surface area (Å²) in [4.78, 5) is 18.3. The summed E-state index contributed by atoms with van der Waals surface area (Å²) in [7, 11) is 0. The van der Waals surface area contributed by atoms with E-state index in [9.17, 15) is 9.90 Å². The fraction of sp³-hybridized carbons (Fsp3) is 0.333. The number of thiazole rings is 1. The first-order chi connectivity index (χ1) is 11.7. The molecule has 3 heterocycles. The van der Waals surface area contributed by atoms with E-state index in [1.54, 1.807) is 11.3 Å². The number of carbonyl (C=O) groups is 1. The van der Waals surface area contributed by atoms with Crippen molar-refractivity contribution in [1.29, 1.82) is 0 Å². The minimum absolute atomic E-state index is 0.283. The van der Waals surface area contributed by atoms with E-state index < -0.39 is 5.97 Å². The number of carbonyl (C=O) groups excluding carboxylic acids is 1. The summed E-state index contributed by atoms with van der Waals surface area (Å²) < 4.78 is 2.17. The Balaban J connectivity index is 1.62. The highest BCUT2D eigenvalue weighted by Gasteiger charge is 2.25. The number of carboxylic acid groups (broad SMARTS) is 1. The molecule has 2 aromatic heterocycles. The van der Waals surface area contributed by atoms with E-state index >= 15 is 0 Å². The second-order valence-electron chi connectivity index (χ2n) is 6.35. The van der Waals surface area contributed by atoms with E-state index in [0.717, 1.165) is 35.9 Å². The summed E-state index contributed by atoms with van der Waals surface area (Å²) in [6.45, 7) is 2.59. The standard InChI is InChI=1S/C18H19N3O2S/c22-17(23)14-6-8-20(9-7-14)12-15-16(13-4-2-1-3-5-13)19-18-21(15)10-11-24-18/h1-5,10-11,14H,6-9,12H2,(H,22,23). The van der Waals surface area contributed by atoms with Crippen LogP contribution in [0, 0.1) is 5.92 Å². The fourth-order valence-corrected chi connectivity index (χ4v) is 4.24. The van der Waals surface area contributed by atoms with Crippen LogP contribution in [0.4, 0.5) is 0 Å². The SMILES string of the molecule is O=C([O-])C1CC[NH+](Cc2c(-c3ccccc3)nc3sccn23)CC1. The van der Waals surface area contributed by atoms with Gasteiger partial charge in [0.25, 0.3) is 0 Å². The van der Waals surface area contributed by atoms with E-state index in [0.29, 0.717) is 12.8 Å². The molecular formula is C18H19N3O2S. The van der Waals surface area contributed by atoms with Crippen molar-refractivity contribution in [2.75, 3.05) is 13.1 Å². The maximum absolute atomic E-state index is 11.0. The topological polar surface area (TPSA) is 61.9 Å². The van der Waals surface area contributed by atoms with Crippen LogP contribution in [0.1, 0.15) is 18.5 Å². The molecule has 6 heteroatoms. The van der Waals surface area contributed by atoms with Crippen LogP contribution >= 0.6 is 11.3 Å². The van der Waals surface area contributed by atoms with Crippen molar-refractivity contribution in [3.63, 3.8) is 0 Å². The molecule has 24 heavy (non-hydrogen) atoms. The number of carboxylic acids is 1. The van der Waals surface area contributed by atoms with Gasteiger partial charge in [-0.25, -0.2) is 4.98 Å². The van der Waals surface area contributed by atoms with E-state index in [2.05, 4.69) is 28.1 Å². The molecule has 0 radical (unpaired) electrons. The summed E-state index contributed by atoms with van der Waals surface area (Å²) in [5.41, 5.74) is 3.38. The van der Waals surface area contributed by atoms with Crippen LogP contribution in [0.3, 0.4) is 0 Å². The molecule has 0 bridgehead atoms. The number of aliphatic carboxylic acids is 1. The minimum atomic E-state index is -0.899. The van der Waals surface area contributed by atoms with E-state index in [1.165, 1.54) is 10.6 Å². The summed E-state index contributed by atoms with van der Waals surface area (Å²) >= 11 is 1.64. The summed E-state index contributed by atoms with van der Waals surface area (Å²) in [6, 6.07) is 10.3. The minimum Gasteiger partial charge on any atom is -0.550 e. The average molecular weight is 341 g/mol. The third-order valence-electron chi connectivity index (χ3n) is 4.85. The first-order valence-electron chi connectivity index (χ1n) is 8.26. The molecule has 5 nitrogen and oxygen atoms in total. The molecule has 0 spiro atoms. The Kier molecular flexibility index (Phi) is 4.08. The van der Waals surface area contributed by atoms with Crippen molar-refractivity contribution in [2.24, 2.45) is 5.92 Å². The van der Waals surface area contributed by atoms with Crippen molar-refractivity contribution in [3.05, 3.63) is 47.6 Å². The van der Waals surface area contributed by atoms with Gasteiger partial charge in [0.15, 0.2) is 4.96 Å². The zero-order valence-electron chi connectivity index (χ0n) is 13.3. The van der Waals surface area contributed by atoms with Crippen LogP contribution in [-0.2, 0) is 11.3 Å². The normalized spacial score (nSPS) is 21.2. The second-order valence-corrected chi connectivity index (χ2v) is 7.22. The molecule has 1 aromatic carbocycles. The van der Waals surface area contributed by atoms with Crippen molar-refractivity contribution in [1.82, 2.24) is 9.38 Å². The van der Waals surface area contributed by atoms with Crippen LogP contribution in [0.15, 0.2) is 41.9 Å². The Bertz CT molecular complexity index is 848. The smallest absolute Gasteiger partial charge is 0.194 e. The molecule has 0 unspecified atom stereocenters. The molecule has 0 atom stereocenters. The van der Waals surface area contributed by atoms with Gasteiger partial charge in [-0.2, -0.15) is 0 Å². The van der Waals surface area contributed by atoms with Gasteiger partial charge < -0.3 is 14.8 Å². The Morgan fingerprint density at radius 3 is 2.75 bits per heavy atom. The van der Waals surface area contributed by atoms with E-state index in [-0.39, 0.29) is 5.92 Å². The second kappa shape index (κ2) is 6.37. The summed E-state index contributed by atoms with van der Waals surface area (Å²) in [6.07, 6.45) is 3.47. The van der Waals surface area contributed by atoms with Crippen molar-refractivity contribution < 1.29 is 14.8 Å². The highest BCUT2D eigenvalue weighted by Crippen LogP contribution is 2.26. The van der Waals surface area contributed by atoms with Gasteiger partial charge in [-0.15, -0.1) is 11.3 Å². The number of rotatable bonds is 4. The Morgan fingerprint density at radius 1 is 1.29 bits per heavy atom. The maximum atomic E-state index is 11.0. The Morgan fingerprint density at radius 2 is 2.04 bits per heavy atom. The lowest BCUT2D eigenvalue weighted by Crippen LogP contribution is -3.12. The number of likely N-dealkylation sites (tertiary alicyclic amines) is 1. The van der Waals surface area contributed by atoms with Gasteiger partial charge in [-0.1, -0.05) is 30.3 Å². The molecule has 0 saturated carbocycles. The predicted octanol–water partition coefficient (Wildman–Crippen LogP) is 0.608. The zero-order chi connectivity index (χ0) is 16.5. The first kappa shape index (κ1) is 15.4. The maximum Gasteiger partial charge on any atom is 0.194 e. The Labute approximate surface area is 144 Å². The molecule has 3 aromatic rings. The third-order valence-corrected chi connectivity index (χ3v) is 5.61. The number of fused-ring (bicyclic) bond motifs is 1. The molecular weight excluding hydrogens is 322 g/mol. The lowest BCUT2D eigenvalue weighted by molar-refractivity contribution is -0.919. The monoisotopic (exact) mass is 341 g/mol. The fourth-order valence-electron chi connectivity index (χ4n) is 3.50. The van der Waals surface area contributed by atoms with Gasteiger partial charge in [0, 0.05) is 41.9 Å². The highest BCUT2D eigenvalue weighted by atomic mass is 32.1. The van der Waals surface area contributed by atoms with Crippen LogP contribution in [0.2, 0.25) is 0 Å². The van der Waals surface area contributed by atoms with Gasteiger partial charge in [0.1, 0.15) is 12.2 Å². The molecule has 1 aliphatic heterocycles. The number of piperidine rings is 1. The van der Waals surface area contributed by atoms with Crippen molar-refractivity contribution in [3.8, 4) is 11.3 Å². The molecule has 0 amide bonds. The van der Waals surface area contributed by atoms with Gasteiger partial charge >= 0.3 is 0 Å². The number of quaternary nitrogens is 1. The van der Waals surface area contributed by atoms with Crippen molar-refractivity contribution in [2.45, 2.75) is 19.4 Å². The van der Waals surface area contributed by atoms with E-state index in [4.69, 9.17) is 4.98 Å². The number of benzene rings is 1. The molecule has 1 fully saturated rings.